The Morgan fingerprint density at radius 1 is 1.47 bits per heavy atom. The number of hydrogen-bond acceptors (Lipinski definition) is 2. The maximum absolute atomic E-state index is 5.62. The normalized spacial score (nSPS) is 10.6. The molecule has 0 atom stereocenters. The summed E-state index contributed by atoms with van der Waals surface area (Å²) >= 11 is 3.53. The molecule has 0 aliphatic heterocycles. The molecule has 0 unspecified atom stereocenters. The lowest BCUT2D eigenvalue weighted by molar-refractivity contribution is 0.959. The van der Waals surface area contributed by atoms with E-state index >= 15 is 0 Å². The van der Waals surface area contributed by atoms with Gasteiger partial charge < -0.3 is 10.3 Å². The number of nitrogens with zero attached hydrogens (tertiary/aromatic N) is 2. The SMILES string of the molecule is Cc1nccn1-c1cc(CN)ccc1Br. The lowest BCUT2D eigenvalue weighted by Crippen LogP contribution is -2.01. The molecule has 0 bridgehead atoms. The van der Waals surface area contributed by atoms with E-state index in [1.165, 1.54) is 0 Å². The summed E-state index contributed by atoms with van der Waals surface area (Å²) in [5.74, 6) is 0.963. The summed E-state index contributed by atoms with van der Waals surface area (Å²) in [5, 5.41) is 0. The van der Waals surface area contributed by atoms with Crippen LogP contribution in [0, 0.1) is 6.92 Å². The predicted molar refractivity (Wildman–Crippen MR) is 63.9 cm³/mol. The van der Waals surface area contributed by atoms with Crippen molar-refractivity contribution in [1.29, 1.82) is 0 Å². The van der Waals surface area contributed by atoms with Gasteiger partial charge in [0.05, 0.1) is 5.69 Å². The van der Waals surface area contributed by atoms with E-state index in [9.17, 15) is 0 Å². The highest BCUT2D eigenvalue weighted by atomic mass is 79.9. The zero-order chi connectivity index (χ0) is 10.8. The standard InChI is InChI=1S/C11H12BrN3/c1-8-14-4-5-15(8)11-6-9(7-13)2-3-10(11)12/h2-6H,7,13H2,1H3. The van der Waals surface area contributed by atoms with Gasteiger partial charge in [0.15, 0.2) is 0 Å². The smallest absolute Gasteiger partial charge is 0.110 e. The first-order valence-corrected chi connectivity index (χ1v) is 5.50. The second-order valence-corrected chi connectivity index (χ2v) is 4.19. The third-order valence-electron chi connectivity index (χ3n) is 2.33. The van der Waals surface area contributed by atoms with Gasteiger partial charge in [-0.1, -0.05) is 6.07 Å². The zero-order valence-corrected chi connectivity index (χ0v) is 10.0. The molecule has 0 fully saturated rings. The third-order valence-corrected chi connectivity index (χ3v) is 3.00. The summed E-state index contributed by atoms with van der Waals surface area (Å²) in [4.78, 5) is 4.20. The van der Waals surface area contributed by atoms with Crippen LogP contribution >= 0.6 is 15.9 Å². The molecule has 0 aliphatic rings. The van der Waals surface area contributed by atoms with Crippen LogP contribution in [0.2, 0.25) is 0 Å². The minimum atomic E-state index is 0.550. The maximum Gasteiger partial charge on any atom is 0.110 e. The lowest BCUT2D eigenvalue weighted by atomic mass is 10.2. The Bertz CT molecular complexity index is 476. The summed E-state index contributed by atoms with van der Waals surface area (Å²) < 4.78 is 3.07. The largest absolute Gasteiger partial charge is 0.326 e. The fourth-order valence-corrected chi connectivity index (χ4v) is 1.94. The number of aromatic nitrogens is 2. The Balaban J connectivity index is 2.56. The van der Waals surface area contributed by atoms with Crippen LogP contribution in [0.3, 0.4) is 0 Å². The molecule has 1 aromatic heterocycles. The molecule has 0 amide bonds. The minimum Gasteiger partial charge on any atom is -0.326 e. The van der Waals surface area contributed by atoms with Crippen LogP contribution in [0.1, 0.15) is 11.4 Å². The molecule has 3 nitrogen and oxygen atoms in total. The van der Waals surface area contributed by atoms with Gasteiger partial charge in [-0.15, -0.1) is 0 Å². The van der Waals surface area contributed by atoms with Gasteiger partial charge in [-0.2, -0.15) is 0 Å². The Morgan fingerprint density at radius 3 is 2.87 bits per heavy atom. The molecule has 4 heteroatoms. The average Bonchev–Trinajstić information content (AvgIpc) is 2.65. The topological polar surface area (TPSA) is 43.8 Å². The van der Waals surface area contributed by atoms with E-state index in [1.807, 2.05) is 29.8 Å². The number of halogens is 1. The molecular formula is C11H12BrN3. The average molecular weight is 266 g/mol. The Morgan fingerprint density at radius 2 is 2.27 bits per heavy atom. The van der Waals surface area contributed by atoms with Gasteiger partial charge in [0, 0.05) is 23.4 Å². The van der Waals surface area contributed by atoms with Gasteiger partial charge in [0.25, 0.3) is 0 Å². The van der Waals surface area contributed by atoms with Crippen molar-refractivity contribution in [2.75, 3.05) is 0 Å². The highest BCUT2D eigenvalue weighted by Crippen LogP contribution is 2.23. The first-order chi connectivity index (χ1) is 7.22. The number of benzene rings is 1. The van der Waals surface area contributed by atoms with Gasteiger partial charge in [0.2, 0.25) is 0 Å². The summed E-state index contributed by atoms with van der Waals surface area (Å²) in [5.41, 5.74) is 7.81. The van der Waals surface area contributed by atoms with E-state index in [2.05, 4.69) is 27.0 Å². The van der Waals surface area contributed by atoms with Crippen molar-refractivity contribution in [2.24, 2.45) is 5.73 Å². The second kappa shape index (κ2) is 4.16. The van der Waals surface area contributed by atoms with Crippen molar-refractivity contribution in [2.45, 2.75) is 13.5 Å². The molecule has 2 N–H and O–H groups in total. The monoisotopic (exact) mass is 265 g/mol. The maximum atomic E-state index is 5.62. The van der Waals surface area contributed by atoms with E-state index in [1.54, 1.807) is 6.20 Å². The Hall–Kier alpha value is -1.13. The number of hydrogen-bond donors (Lipinski definition) is 1. The van der Waals surface area contributed by atoms with Crippen LogP contribution in [0.25, 0.3) is 5.69 Å². The van der Waals surface area contributed by atoms with Crippen LogP contribution in [0.5, 0.6) is 0 Å². The van der Waals surface area contributed by atoms with Gasteiger partial charge in [-0.3, -0.25) is 0 Å². The number of imidazole rings is 1. The quantitative estimate of drug-likeness (QED) is 0.907. The molecule has 1 heterocycles. The summed E-state index contributed by atoms with van der Waals surface area (Å²) in [6, 6.07) is 6.09. The Kier molecular flexibility index (Phi) is 2.88. The van der Waals surface area contributed by atoms with E-state index in [0.717, 1.165) is 21.5 Å². The number of rotatable bonds is 2. The molecule has 2 aromatic rings. The van der Waals surface area contributed by atoms with Crippen molar-refractivity contribution < 1.29 is 0 Å². The van der Waals surface area contributed by atoms with E-state index in [4.69, 9.17) is 5.73 Å². The van der Waals surface area contributed by atoms with Crippen LogP contribution in [-0.2, 0) is 6.54 Å². The van der Waals surface area contributed by atoms with Gasteiger partial charge in [-0.05, 0) is 40.5 Å². The van der Waals surface area contributed by atoms with Gasteiger partial charge in [0.1, 0.15) is 5.82 Å². The first kappa shape index (κ1) is 10.4. The Labute approximate surface area is 97.1 Å². The fourth-order valence-electron chi connectivity index (χ4n) is 1.50. The molecular weight excluding hydrogens is 254 g/mol. The highest BCUT2D eigenvalue weighted by Gasteiger charge is 2.05. The van der Waals surface area contributed by atoms with Crippen LogP contribution < -0.4 is 5.73 Å². The predicted octanol–water partition coefficient (Wildman–Crippen LogP) is 2.40. The van der Waals surface area contributed by atoms with Crippen molar-refractivity contribution in [3.8, 4) is 5.69 Å². The molecule has 0 aliphatic carbocycles. The summed E-state index contributed by atoms with van der Waals surface area (Å²) in [6.07, 6.45) is 3.73. The van der Waals surface area contributed by atoms with Crippen LogP contribution in [0.4, 0.5) is 0 Å². The van der Waals surface area contributed by atoms with Gasteiger partial charge >= 0.3 is 0 Å². The third kappa shape index (κ3) is 1.96. The second-order valence-electron chi connectivity index (χ2n) is 3.33. The van der Waals surface area contributed by atoms with Crippen molar-refractivity contribution >= 4 is 15.9 Å². The summed E-state index contributed by atoms with van der Waals surface area (Å²) in [7, 11) is 0. The molecule has 15 heavy (non-hydrogen) atoms. The molecule has 0 saturated carbocycles. The number of aryl methyl sites for hydroxylation is 1. The van der Waals surface area contributed by atoms with Crippen molar-refractivity contribution in [1.82, 2.24) is 9.55 Å². The van der Waals surface area contributed by atoms with Crippen molar-refractivity contribution in [3.63, 3.8) is 0 Å². The minimum absolute atomic E-state index is 0.550. The molecule has 0 spiro atoms. The zero-order valence-electron chi connectivity index (χ0n) is 8.44. The van der Waals surface area contributed by atoms with Gasteiger partial charge in [-0.25, -0.2) is 4.98 Å². The first-order valence-electron chi connectivity index (χ1n) is 4.71. The molecule has 0 radical (unpaired) electrons. The molecule has 0 saturated heterocycles. The molecule has 1 aromatic carbocycles. The summed E-state index contributed by atoms with van der Waals surface area (Å²) in [6.45, 7) is 2.52. The lowest BCUT2D eigenvalue weighted by Gasteiger charge is -2.09. The van der Waals surface area contributed by atoms with E-state index in [0.29, 0.717) is 6.54 Å². The van der Waals surface area contributed by atoms with Crippen molar-refractivity contribution in [3.05, 3.63) is 46.5 Å². The molecule has 78 valence electrons. The van der Waals surface area contributed by atoms with Crippen LogP contribution in [0.15, 0.2) is 35.1 Å². The number of nitrogens with two attached hydrogens (primary N) is 1. The van der Waals surface area contributed by atoms with Crippen LogP contribution in [-0.4, -0.2) is 9.55 Å². The van der Waals surface area contributed by atoms with E-state index in [-0.39, 0.29) is 0 Å². The molecule has 2 rings (SSSR count). The van der Waals surface area contributed by atoms with E-state index < -0.39 is 0 Å². The fraction of sp³-hybridized carbons (Fsp3) is 0.182. The highest BCUT2D eigenvalue weighted by molar-refractivity contribution is 9.10.